The molecule has 1 aromatic carbocycles. The number of ketones is 1. The van der Waals surface area contributed by atoms with Crippen LogP contribution >= 0.6 is 11.8 Å². The maximum absolute atomic E-state index is 13.1. The van der Waals surface area contributed by atoms with Gasteiger partial charge in [0.15, 0.2) is 16.7 Å². The Morgan fingerprint density at radius 3 is 2.84 bits per heavy atom. The van der Waals surface area contributed by atoms with Gasteiger partial charge in [-0.05, 0) is 30.9 Å². The van der Waals surface area contributed by atoms with Gasteiger partial charge in [-0.25, -0.2) is 4.98 Å². The molecule has 2 heterocycles. The van der Waals surface area contributed by atoms with Crippen molar-refractivity contribution in [1.82, 2.24) is 9.97 Å². The zero-order valence-corrected chi connectivity index (χ0v) is 17.9. The van der Waals surface area contributed by atoms with Crippen molar-refractivity contribution in [3.05, 3.63) is 61.1 Å². The van der Waals surface area contributed by atoms with E-state index in [0.717, 1.165) is 6.42 Å². The number of fused-ring (bicyclic) bond motifs is 1. The maximum Gasteiger partial charge on any atom is 0.310 e. The van der Waals surface area contributed by atoms with Gasteiger partial charge in [-0.15, -0.1) is 0 Å². The van der Waals surface area contributed by atoms with Crippen LogP contribution in [0.15, 0.2) is 39.4 Å². The highest BCUT2D eigenvalue weighted by molar-refractivity contribution is 7.99. The molecule has 0 spiro atoms. The summed E-state index contributed by atoms with van der Waals surface area (Å²) >= 11 is 1.45. The van der Waals surface area contributed by atoms with Gasteiger partial charge in [-0.3, -0.25) is 19.7 Å². The number of H-pyrrole nitrogens is 1. The zero-order valence-electron chi connectivity index (χ0n) is 17.1. The Morgan fingerprint density at radius 1 is 1.35 bits per heavy atom. The lowest BCUT2D eigenvalue weighted by molar-refractivity contribution is -0.385. The second kappa shape index (κ2) is 8.18. The average molecular weight is 442 g/mol. The van der Waals surface area contributed by atoms with E-state index in [1.807, 2.05) is 13.8 Å². The normalized spacial score (nSPS) is 18.8. The van der Waals surface area contributed by atoms with Crippen molar-refractivity contribution >= 4 is 29.1 Å². The smallest absolute Gasteiger partial charge is 0.310 e. The fraction of sp³-hybridized carbons (Fsp3) is 0.381. The Kier molecular flexibility index (Phi) is 5.57. The van der Waals surface area contributed by atoms with Gasteiger partial charge >= 0.3 is 5.69 Å². The highest BCUT2D eigenvalue weighted by Crippen LogP contribution is 2.45. The van der Waals surface area contributed by atoms with E-state index >= 15 is 0 Å². The Labute approximate surface area is 182 Å². The molecule has 3 N–H and O–H groups in total. The fourth-order valence-corrected chi connectivity index (χ4v) is 4.81. The van der Waals surface area contributed by atoms with Gasteiger partial charge in [-0.1, -0.05) is 31.7 Å². The van der Waals surface area contributed by atoms with E-state index in [-0.39, 0.29) is 16.6 Å². The Hall–Kier alpha value is -3.14. The minimum Gasteiger partial charge on any atom is -0.502 e. The number of nitrogens with one attached hydrogen (secondary N) is 2. The predicted molar refractivity (Wildman–Crippen MR) is 117 cm³/mol. The number of hydrogen-bond acceptors (Lipinski definition) is 8. The Balaban J connectivity index is 1.92. The molecule has 2 aliphatic rings. The van der Waals surface area contributed by atoms with Crippen molar-refractivity contribution in [2.24, 2.45) is 0 Å². The number of nitrogens with zero attached hydrogens (tertiary/aromatic N) is 2. The molecule has 1 aliphatic carbocycles. The molecule has 0 saturated heterocycles. The molecule has 9 nitrogen and oxygen atoms in total. The molecule has 0 bridgehead atoms. The third-order valence-electron chi connectivity index (χ3n) is 5.65. The van der Waals surface area contributed by atoms with Crippen LogP contribution in [0.25, 0.3) is 0 Å². The molecular formula is C21H22N4O5S. The van der Waals surface area contributed by atoms with Crippen molar-refractivity contribution in [1.29, 1.82) is 0 Å². The Bertz CT molecular complexity index is 1170. The molecule has 1 aliphatic heterocycles. The van der Waals surface area contributed by atoms with Gasteiger partial charge in [-0.2, -0.15) is 0 Å². The first-order valence-corrected chi connectivity index (χ1v) is 11.0. The summed E-state index contributed by atoms with van der Waals surface area (Å²) in [5.74, 6) is -1.00. The first-order valence-electron chi connectivity index (χ1n) is 10.1. The van der Waals surface area contributed by atoms with Crippen LogP contribution in [0.1, 0.15) is 56.6 Å². The Morgan fingerprint density at radius 2 is 2.13 bits per heavy atom. The third kappa shape index (κ3) is 3.83. The van der Waals surface area contributed by atoms with Crippen LogP contribution in [0.5, 0.6) is 5.75 Å². The summed E-state index contributed by atoms with van der Waals surface area (Å²) in [4.78, 5) is 44.1. The average Bonchev–Trinajstić information content (AvgIpc) is 2.72. The minimum atomic E-state index is -0.794. The molecule has 0 radical (unpaired) electrons. The van der Waals surface area contributed by atoms with Crippen molar-refractivity contribution in [2.75, 3.05) is 5.32 Å². The summed E-state index contributed by atoms with van der Waals surface area (Å²) in [6.07, 6.45) is 2.56. The first kappa shape index (κ1) is 21.1. The van der Waals surface area contributed by atoms with Gasteiger partial charge in [0.05, 0.1) is 10.5 Å². The van der Waals surface area contributed by atoms with Gasteiger partial charge in [0, 0.05) is 34.9 Å². The second-order valence-electron chi connectivity index (χ2n) is 7.70. The molecule has 2 unspecified atom stereocenters. The lowest BCUT2D eigenvalue weighted by Gasteiger charge is -2.32. The van der Waals surface area contributed by atoms with Crippen molar-refractivity contribution in [3.63, 3.8) is 0 Å². The van der Waals surface area contributed by atoms with Crippen LogP contribution in [0.2, 0.25) is 0 Å². The number of Topliss-reactive ketones (excluding diaryl/α,β-unsaturated/α-hetero) is 1. The van der Waals surface area contributed by atoms with Crippen molar-refractivity contribution in [3.8, 4) is 5.75 Å². The summed E-state index contributed by atoms with van der Waals surface area (Å²) in [7, 11) is 0. The monoisotopic (exact) mass is 442 g/mol. The fourth-order valence-electron chi connectivity index (χ4n) is 3.97. The van der Waals surface area contributed by atoms with E-state index in [1.165, 1.54) is 30.0 Å². The third-order valence-corrected chi connectivity index (χ3v) is 6.81. The summed E-state index contributed by atoms with van der Waals surface area (Å²) in [5, 5.41) is 25.1. The number of phenolic OH excluding ortho intramolecular Hbond substituents is 1. The summed E-state index contributed by atoms with van der Waals surface area (Å²) in [5.41, 5.74) is 0.910. The summed E-state index contributed by atoms with van der Waals surface area (Å²) < 4.78 is 0. The molecular weight excluding hydrogens is 420 g/mol. The number of nitro groups is 1. The predicted octanol–water partition coefficient (Wildman–Crippen LogP) is 3.84. The number of allylic oxidation sites excluding steroid dienone is 2. The minimum absolute atomic E-state index is 0.0995. The van der Waals surface area contributed by atoms with Gasteiger partial charge in [0.25, 0.3) is 5.56 Å². The lowest BCUT2D eigenvalue weighted by Crippen LogP contribution is -2.32. The van der Waals surface area contributed by atoms with E-state index in [4.69, 9.17) is 0 Å². The van der Waals surface area contributed by atoms with Crippen LogP contribution < -0.4 is 10.9 Å². The number of aromatic nitrogens is 2. The number of rotatable bonds is 5. The number of carbonyl (C=O) groups excluding carboxylic acids is 1. The zero-order chi connectivity index (χ0) is 22.3. The molecule has 2 aromatic rings. The summed E-state index contributed by atoms with van der Waals surface area (Å²) in [6, 6.07) is 3.95. The number of carbonyl (C=O) groups is 1. The highest BCUT2D eigenvalue weighted by Gasteiger charge is 2.38. The number of aromatic hydroxyl groups is 1. The van der Waals surface area contributed by atoms with Crippen LogP contribution in [0.4, 0.5) is 11.5 Å². The van der Waals surface area contributed by atoms with E-state index in [1.54, 1.807) is 0 Å². The SMILES string of the molecule is CCC(C)Sc1nc2c(c(=O)[nH]1)C(c1ccc(O)c([N+](=O)[O-])c1)C1=C(CCCC1=O)N2. The molecule has 4 rings (SSSR count). The number of nitro benzene ring substituents is 1. The lowest BCUT2D eigenvalue weighted by atomic mass is 9.76. The molecule has 0 fully saturated rings. The largest absolute Gasteiger partial charge is 0.502 e. The van der Waals surface area contributed by atoms with E-state index in [9.17, 15) is 24.8 Å². The highest BCUT2D eigenvalue weighted by atomic mass is 32.2. The first-order chi connectivity index (χ1) is 14.8. The standard InChI is InChI=1S/C21H22N4O5S/c1-3-10(2)31-21-23-19-18(20(28)24-21)16(17-12(22-19)5-4-6-15(17)27)11-7-8-14(26)13(9-11)25(29)30/h7-10,16,26H,3-6H2,1-2H3,(H2,22,23,24,28). The van der Waals surface area contributed by atoms with Gasteiger partial charge in [0.1, 0.15) is 5.82 Å². The van der Waals surface area contributed by atoms with E-state index in [2.05, 4.69) is 15.3 Å². The molecule has 0 saturated carbocycles. The maximum atomic E-state index is 13.1. The van der Waals surface area contributed by atoms with Gasteiger partial charge in [0.2, 0.25) is 0 Å². The van der Waals surface area contributed by atoms with Crippen LogP contribution in [-0.4, -0.2) is 31.0 Å². The molecule has 10 heteroatoms. The number of benzene rings is 1. The number of aromatic amines is 1. The molecule has 31 heavy (non-hydrogen) atoms. The number of phenols is 1. The van der Waals surface area contributed by atoms with Crippen LogP contribution in [-0.2, 0) is 4.79 Å². The topological polar surface area (TPSA) is 138 Å². The summed E-state index contributed by atoms with van der Waals surface area (Å²) in [6.45, 7) is 4.08. The molecule has 1 aromatic heterocycles. The van der Waals surface area contributed by atoms with E-state index in [0.29, 0.717) is 47.1 Å². The van der Waals surface area contributed by atoms with Crippen molar-refractivity contribution in [2.45, 2.75) is 55.9 Å². The number of hydrogen-bond donors (Lipinski definition) is 3. The molecule has 0 amide bonds. The van der Waals surface area contributed by atoms with Crippen LogP contribution in [0.3, 0.4) is 0 Å². The molecule has 2 atom stereocenters. The number of thioether (sulfide) groups is 1. The van der Waals surface area contributed by atoms with Crippen LogP contribution in [0, 0.1) is 10.1 Å². The van der Waals surface area contributed by atoms with Crippen molar-refractivity contribution < 1.29 is 14.8 Å². The number of anilines is 1. The van der Waals surface area contributed by atoms with E-state index < -0.39 is 27.8 Å². The van der Waals surface area contributed by atoms with Gasteiger partial charge < -0.3 is 15.4 Å². The quantitative estimate of drug-likeness (QED) is 0.275. The second-order valence-corrected chi connectivity index (χ2v) is 9.13. The molecule has 162 valence electrons.